The maximum absolute atomic E-state index is 5.77. The van der Waals surface area contributed by atoms with Gasteiger partial charge in [-0.3, -0.25) is 0 Å². The molecule has 0 saturated carbocycles. The van der Waals surface area contributed by atoms with Gasteiger partial charge in [-0.25, -0.2) is 5.10 Å². The van der Waals surface area contributed by atoms with Gasteiger partial charge in [-0.05, 0) is 56.4 Å². The van der Waals surface area contributed by atoms with Gasteiger partial charge in [0.2, 0.25) is 4.77 Å². The van der Waals surface area contributed by atoms with Crippen LogP contribution >= 0.6 is 12.2 Å². The molecule has 0 bridgehead atoms. The number of hydrogen-bond acceptors (Lipinski definition) is 6. The molecular weight excluding hydrogens is 376 g/mol. The highest BCUT2D eigenvalue weighted by molar-refractivity contribution is 7.71. The van der Waals surface area contributed by atoms with Gasteiger partial charge in [-0.2, -0.15) is 14.9 Å². The van der Waals surface area contributed by atoms with Crippen LogP contribution < -0.4 is 14.2 Å². The molecule has 8 heteroatoms. The van der Waals surface area contributed by atoms with Crippen LogP contribution in [0.4, 0.5) is 0 Å². The summed E-state index contributed by atoms with van der Waals surface area (Å²) in [5.41, 5.74) is 1.59. The lowest BCUT2D eigenvalue weighted by atomic mass is 10.2. The van der Waals surface area contributed by atoms with Crippen LogP contribution in [0.5, 0.6) is 17.2 Å². The summed E-state index contributed by atoms with van der Waals surface area (Å²) in [7, 11) is 3.22. The van der Waals surface area contributed by atoms with Crippen LogP contribution in [0.1, 0.15) is 19.4 Å². The van der Waals surface area contributed by atoms with E-state index in [0.717, 1.165) is 16.9 Å². The fourth-order valence-corrected chi connectivity index (χ4v) is 2.81. The van der Waals surface area contributed by atoms with E-state index in [1.165, 1.54) is 0 Å². The Balaban J connectivity index is 1.99. The van der Waals surface area contributed by atoms with E-state index in [4.69, 9.17) is 26.4 Å². The second-order valence-electron chi connectivity index (χ2n) is 6.21. The average molecular weight is 398 g/mol. The fraction of sp³-hybridized carbons (Fsp3) is 0.250. The Labute approximate surface area is 168 Å². The summed E-state index contributed by atoms with van der Waals surface area (Å²) in [5, 5.41) is 11.6. The molecule has 0 saturated heterocycles. The predicted octanol–water partition coefficient (Wildman–Crippen LogP) is 4.29. The molecule has 0 spiro atoms. The van der Waals surface area contributed by atoms with Crippen molar-refractivity contribution in [3.8, 4) is 28.6 Å². The zero-order valence-corrected chi connectivity index (χ0v) is 17.0. The molecule has 1 aromatic heterocycles. The molecule has 0 atom stereocenters. The highest BCUT2D eigenvalue weighted by atomic mass is 32.1. The zero-order valence-electron chi connectivity index (χ0n) is 16.2. The molecule has 1 heterocycles. The van der Waals surface area contributed by atoms with Crippen molar-refractivity contribution in [1.29, 1.82) is 0 Å². The Morgan fingerprint density at radius 2 is 1.93 bits per heavy atom. The summed E-state index contributed by atoms with van der Waals surface area (Å²) >= 11 is 5.34. The summed E-state index contributed by atoms with van der Waals surface area (Å²) in [5.74, 6) is 2.72. The standard InChI is InChI=1S/C20H22N4O3S/c1-13(2)27-17-7-5-6-14(10-17)19-22-23-20(28)24(19)21-12-15-11-16(25-3)8-9-18(15)26-4/h5-13H,1-4H3,(H,23,28). The maximum atomic E-state index is 5.77. The number of aromatic amines is 1. The van der Waals surface area contributed by atoms with E-state index in [1.54, 1.807) is 25.1 Å². The van der Waals surface area contributed by atoms with Gasteiger partial charge in [-0.15, -0.1) is 0 Å². The number of aromatic nitrogens is 3. The molecule has 2 aromatic carbocycles. The lowest BCUT2D eigenvalue weighted by molar-refractivity contribution is 0.242. The minimum absolute atomic E-state index is 0.0783. The number of nitrogens with zero attached hydrogens (tertiary/aromatic N) is 3. The van der Waals surface area contributed by atoms with Crippen LogP contribution in [0, 0.1) is 4.77 Å². The highest BCUT2D eigenvalue weighted by Crippen LogP contribution is 2.25. The third kappa shape index (κ3) is 4.40. The first-order chi connectivity index (χ1) is 13.5. The van der Waals surface area contributed by atoms with Gasteiger partial charge in [-0.1, -0.05) is 12.1 Å². The lowest BCUT2D eigenvalue weighted by Gasteiger charge is -2.10. The Morgan fingerprint density at radius 3 is 2.64 bits per heavy atom. The van der Waals surface area contributed by atoms with Gasteiger partial charge in [0.15, 0.2) is 5.82 Å². The quantitative estimate of drug-likeness (QED) is 0.475. The number of methoxy groups -OCH3 is 2. The van der Waals surface area contributed by atoms with Gasteiger partial charge >= 0.3 is 0 Å². The maximum Gasteiger partial charge on any atom is 0.216 e. The van der Waals surface area contributed by atoms with Crippen LogP contribution in [0.2, 0.25) is 0 Å². The summed E-state index contributed by atoms with van der Waals surface area (Å²) in [6.07, 6.45) is 1.74. The van der Waals surface area contributed by atoms with Crippen LogP contribution in [0.25, 0.3) is 11.4 Å². The Morgan fingerprint density at radius 1 is 1.11 bits per heavy atom. The normalized spacial score (nSPS) is 11.2. The van der Waals surface area contributed by atoms with Gasteiger partial charge in [0.1, 0.15) is 17.2 Å². The summed E-state index contributed by atoms with van der Waals surface area (Å²) < 4.78 is 18.4. The molecule has 3 aromatic rings. The Hall–Kier alpha value is -3.13. The molecule has 28 heavy (non-hydrogen) atoms. The average Bonchev–Trinajstić information content (AvgIpc) is 3.06. The summed E-state index contributed by atoms with van der Waals surface area (Å²) in [6.45, 7) is 3.96. The highest BCUT2D eigenvalue weighted by Gasteiger charge is 2.10. The third-order valence-electron chi connectivity index (χ3n) is 3.86. The first-order valence-corrected chi connectivity index (χ1v) is 9.13. The molecule has 3 rings (SSSR count). The van der Waals surface area contributed by atoms with E-state index < -0.39 is 0 Å². The molecule has 0 radical (unpaired) electrons. The molecule has 7 nitrogen and oxygen atoms in total. The minimum atomic E-state index is 0.0783. The second kappa shape index (κ2) is 8.71. The van der Waals surface area contributed by atoms with Crippen LogP contribution in [0.15, 0.2) is 47.6 Å². The van der Waals surface area contributed by atoms with Gasteiger partial charge in [0.25, 0.3) is 0 Å². The number of H-pyrrole nitrogens is 1. The number of benzene rings is 2. The third-order valence-corrected chi connectivity index (χ3v) is 4.13. The monoisotopic (exact) mass is 398 g/mol. The Kier molecular flexibility index (Phi) is 6.10. The van der Waals surface area contributed by atoms with Crippen molar-refractivity contribution in [3.05, 3.63) is 52.8 Å². The van der Waals surface area contributed by atoms with E-state index in [-0.39, 0.29) is 6.10 Å². The Bertz CT molecular complexity index is 1040. The van der Waals surface area contributed by atoms with Crippen molar-refractivity contribution in [2.45, 2.75) is 20.0 Å². The first kappa shape index (κ1) is 19.6. The topological polar surface area (TPSA) is 73.7 Å². The van der Waals surface area contributed by atoms with Gasteiger partial charge in [0.05, 0.1) is 26.5 Å². The number of nitrogens with one attached hydrogen (secondary N) is 1. The first-order valence-electron chi connectivity index (χ1n) is 8.72. The van der Waals surface area contributed by atoms with Crippen molar-refractivity contribution in [2.75, 3.05) is 14.2 Å². The molecule has 1 N–H and O–H groups in total. The van der Waals surface area contributed by atoms with E-state index in [9.17, 15) is 0 Å². The van der Waals surface area contributed by atoms with Crippen molar-refractivity contribution in [1.82, 2.24) is 14.9 Å². The number of hydrogen-bond donors (Lipinski definition) is 1. The van der Waals surface area contributed by atoms with Crippen molar-refractivity contribution >= 4 is 18.4 Å². The van der Waals surface area contributed by atoms with E-state index in [1.807, 2.05) is 56.3 Å². The lowest BCUT2D eigenvalue weighted by Crippen LogP contribution is -2.05. The van der Waals surface area contributed by atoms with Crippen molar-refractivity contribution < 1.29 is 14.2 Å². The molecule has 0 aliphatic heterocycles. The summed E-state index contributed by atoms with van der Waals surface area (Å²) in [4.78, 5) is 0. The van der Waals surface area contributed by atoms with Gasteiger partial charge in [0, 0.05) is 11.1 Å². The number of rotatable bonds is 7. The fourth-order valence-electron chi connectivity index (χ4n) is 2.63. The van der Waals surface area contributed by atoms with Crippen LogP contribution in [-0.2, 0) is 0 Å². The summed E-state index contributed by atoms with van der Waals surface area (Å²) in [6, 6.07) is 13.1. The van der Waals surface area contributed by atoms with Crippen LogP contribution in [-0.4, -0.2) is 41.4 Å². The van der Waals surface area contributed by atoms with E-state index in [2.05, 4.69) is 15.3 Å². The van der Waals surface area contributed by atoms with E-state index >= 15 is 0 Å². The number of ether oxygens (including phenoxy) is 3. The molecule has 146 valence electrons. The largest absolute Gasteiger partial charge is 0.497 e. The van der Waals surface area contributed by atoms with Crippen molar-refractivity contribution in [2.24, 2.45) is 5.10 Å². The van der Waals surface area contributed by atoms with E-state index in [0.29, 0.717) is 22.1 Å². The van der Waals surface area contributed by atoms with Crippen molar-refractivity contribution in [3.63, 3.8) is 0 Å². The molecule has 0 fully saturated rings. The molecule has 0 unspecified atom stereocenters. The second-order valence-corrected chi connectivity index (χ2v) is 6.60. The smallest absolute Gasteiger partial charge is 0.216 e. The molecule has 0 amide bonds. The molecular formula is C20H22N4O3S. The minimum Gasteiger partial charge on any atom is -0.497 e. The SMILES string of the molecule is COc1ccc(OC)c(C=Nn2c(-c3cccc(OC(C)C)c3)n[nH]c2=S)c1. The predicted molar refractivity (Wildman–Crippen MR) is 111 cm³/mol. The van der Waals surface area contributed by atoms with Gasteiger partial charge < -0.3 is 14.2 Å². The molecule has 0 aliphatic rings. The molecule has 0 aliphatic carbocycles. The van der Waals surface area contributed by atoms with Crippen LogP contribution in [0.3, 0.4) is 0 Å². The zero-order chi connectivity index (χ0) is 20.1.